The highest BCUT2D eigenvalue weighted by Crippen LogP contribution is 2.20. The first-order valence-electron chi connectivity index (χ1n) is 9.76. The number of rotatable bonds is 7. The molecule has 0 aromatic rings. The molecule has 1 heterocycles. The smallest absolute Gasteiger partial charge is 0.234 e. The third-order valence-electron chi connectivity index (χ3n) is 4.17. The van der Waals surface area contributed by atoms with Gasteiger partial charge in [-0.05, 0) is 39.0 Å². The summed E-state index contributed by atoms with van der Waals surface area (Å²) in [6.45, 7) is 18.8. The lowest BCUT2D eigenvalue weighted by Crippen LogP contribution is -2.54. The molecule has 1 aliphatic heterocycles. The number of carbonyl (C=O) groups is 1. The number of aliphatic imine (C=N–C) groups is 1. The molecule has 0 spiro atoms. The second-order valence-electron chi connectivity index (χ2n) is 8.39. The van der Waals surface area contributed by atoms with Gasteiger partial charge in [0.2, 0.25) is 5.91 Å². The zero-order valence-corrected chi connectivity index (χ0v) is 19.9. The Labute approximate surface area is 177 Å². The molecule has 0 aromatic heterocycles. The van der Waals surface area contributed by atoms with E-state index in [1.54, 1.807) is 0 Å². The van der Waals surface area contributed by atoms with Crippen molar-refractivity contribution >= 4 is 35.8 Å². The van der Waals surface area contributed by atoms with Crippen molar-refractivity contribution in [1.82, 2.24) is 20.4 Å². The molecule has 1 amide bonds. The van der Waals surface area contributed by atoms with Crippen molar-refractivity contribution in [3.05, 3.63) is 0 Å². The highest BCUT2D eigenvalue weighted by Gasteiger charge is 2.21. The number of hydrogen-bond donors (Lipinski definition) is 2. The average Bonchev–Trinajstić information content (AvgIpc) is 2.49. The van der Waals surface area contributed by atoms with Crippen LogP contribution in [0, 0.1) is 5.41 Å². The van der Waals surface area contributed by atoms with Gasteiger partial charge in [-0.1, -0.05) is 20.8 Å². The maximum absolute atomic E-state index is 11.9. The lowest BCUT2D eigenvalue weighted by molar-refractivity contribution is -0.123. The van der Waals surface area contributed by atoms with Crippen LogP contribution < -0.4 is 10.6 Å². The van der Waals surface area contributed by atoms with Crippen LogP contribution in [0.3, 0.4) is 0 Å². The van der Waals surface area contributed by atoms with E-state index in [1.807, 2.05) is 13.8 Å². The SMILES string of the molecule is CCNC(=NCCCC(C)(C)C)N1CCN(CC(=O)NC(C)C)CC1.I. The molecule has 0 aliphatic carbocycles. The van der Waals surface area contributed by atoms with Crippen molar-refractivity contribution in [3.8, 4) is 0 Å². The van der Waals surface area contributed by atoms with Gasteiger partial charge in [-0.15, -0.1) is 24.0 Å². The van der Waals surface area contributed by atoms with Gasteiger partial charge in [0, 0.05) is 45.3 Å². The van der Waals surface area contributed by atoms with Crippen LogP contribution in [-0.4, -0.2) is 73.5 Å². The molecule has 154 valence electrons. The Bertz CT molecular complexity index is 426. The Hall–Kier alpha value is -0.570. The van der Waals surface area contributed by atoms with Crippen molar-refractivity contribution in [2.75, 3.05) is 45.8 Å². The van der Waals surface area contributed by atoms with Gasteiger partial charge in [-0.3, -0.25) is 14.7 Å². The van der Waals surface area contributed by atoms with E-state index in [4.69, 9.17) is 4.99 Å². The molecule has 7 heteroatoms. The van der Waals surface area contributed by atoms with Gasteiger partial charge >= 0.3 is 0 Å². The van der Waals surface area contributed by atoms with E-state index in [1.165, 1.54) is 6.42 Å². The molecule has 1 rings (SSSR count). The van der Waals surface area contributed by atoms with Crippen molar-refractivity contribution < 1.29 is 4.79 Å². The maximum atomic E-state index is 11.9. The number of halogens is 1. The zero-order valence-electron chi connectivity index (χ0n) is 17.6. The van der Waals surface area contributed by atoms with Crippen LogP contribution in [0.4, 0.5) is 0 Å². The van der Waals surface area contributed by atoms with Gasteiger partial charge < -0.3 is 15.5 Å². The summed E-state index contributed by atoms with van der Waals surface area (Å²) in [5.74, 6) is 1.13. The standard InChI is InChI=1S/C19H39N5O.HI/c1-7-20-18(21-10-8-9-19(4,5)6)24-13-11-23(12-14-24)15-17(25)22-16(2)3;/h16H,7-15H2,1-6H3,(H,20,21)(H,22,25);1H. The summed E-state index contributed by atoms with van der Waals surface area (Å²) in [5, 5.41) is 6.37. The minimum atomic E-state index is 0. The molecular formula is C19H40IN5O. The molecule has 6 nitrogen and oxygen atoms in total. The van der Waals surface area contributed by atoms with E-state index < -0.39 is 0 Å². The van der Waals surface area contributed by atoms with E-state index in [0.717, 1.165) is 51.6 Å². The van der Waals surface area contributed by atoms with Crippen LogP contribution >= 0.6 is 24.0 Å². The first-order chi connectivity index (χ1) is 11.7. The molecule has 0 atom stereocenters. The minimum Gasteiger partial charge on any atom is -0.357 e. The monoisotopic (exact) mass is 481 g/mol. The predicted molar refractivity (Wildman–Crippen MR) is 121 cm³/mol. The second-order valence-corrected chi connectivity index (χ2v) is 8.39. The number of amides is 1. The number of hydrogen-bond acceptors (Lipinski definition) is 3. The topological polar surface area (TPSA) is 60.0 Å². The molecule has 0 unspecified atom stereocenters. The van der Waals surface area contributed by atoms with E-state index in [-0.39, 0.29) is 35.9 Å². The summed E-state index contributed by atoms with van der Waals surface area (Å²) in [4.78, 5) is 21.2. The van der Waals surface area contributed by atoms with Crippen LogP contribution in [0.2, 0.25) is 0 Å². The number of nitrogens with one attached hydrogen (secondary N) is 2. The van der Waals surface area contributed by atoms with Crippen molar-refractivity contribution in [3.63, 3.8) is 0 Å². The molecule has 0 aromatic carbocycles. The summed E-state index contributed by atoms with van der Waals surface area (Å²) in [6, 6.07) is 0.203. The summed E-state index contributed by atoms with van der Waals surface area (Å²) in [7, 11) is 0. The number of piperazine rings is 1. The Morgan fingerprint density at radius 1 is 1.15 bits per heavy atom. The van der Waals surface area contributed by atoms with E-state index in [2.05, 4.69) is 48.1 Å². The molecule has 0 radical (unpaired) electrons. The Balaban J connectivity index is 0.00000625. The first-order valence-corrected chi connectivity index (χ1v) is 9.76. The van der Waals surface area contributed by atoms with Crippen molar-refractivity contribution in [2.24, 2.45) is 10.4 Å². The summed E-state index contributed by atoms with van der Waals surface area (Å²) >= 11 is 0. The average molecular weight is 481 g/mol. The van der Waals surface area contributed by atoms with E-state index in [0.29, 0.717) is 12.0 Å². The molecular weight excluding hydrogens is 441 g/mol. The number of carbonyl (C=O) groups excluding carboxylic acids is 1. The van der Waals surface area contributed by atoms with Crippen molar-refractivity contribution in [1.29, 1.82) is 0 Å². The van der Waals surface area contributed by atoms with Crippen LogP contribution in [0.15, 0.2) is 4.99 Å². The Morgan fingerprint density at radius 2 is 1.77 bits per heavy atom. The third kappa shape index (κ3) is 11.2. The normalized spacial score (nSPS) is 16.4. The Morgan fingerprint density at radius 3 is 2.27 bits per heavy atom. The van der Waals surface area contributed by atoms with Gasteiger partial charge in [-0.25, -0.2) is 0 Å². The largest absolute Gasteiger partial charge is 0.357 e. The maximum Gasteiger partial charge on any atom is 0.234 e. The highest BCUT2D eigenvalue weighted by atomic mass is 127. The lowest BCUT2D eigenvalue weighted by Gasteiger charge is -2.36. The molecule has 1 saturated heterocycles. The highest BCUT2D eigenvalue weighted by molar-refractivity contribution is 14.0. The van der Waals surface area contributed by atoms with Gasteiger partial charge in [-0.2, -0.15) is 0 Å². The molecule has 0 bridgehead atoms. The fourth-order valence-corrected chi connectivity index (χ4v) is 2.91. The first kappa shape index (κ1) is 25.4. The Kier molecular flexibility index (Phi) is 12.5. The van der Waals surface area contributed by atoms with Gasteiger partial charge in [0.1, 0.15) is 0 Å². The van der Waals surface area contributed by atoms with Gasteiger partial charge in [0.25, 0.3) is 0 Å². The van der Waals surface area contributed by atoms with Gasteiger partial charge in [0.15, 0.2) is 5.96 Å². The fourth-order valence-electron chi connectivity index (χ4n) is 2.91. The summed E-state index contributed by atoms with van der Waals surface area (Å²) in [6.07, 6.45) is 2.31. The van der Waals surface area contributed by atoms with E-state index in [9.17, 15) is 4.79 Å². The minimum absolute atomic E-state index is 0. The van der Waals surface area contributed by atoms with Crippen LogP contribution in [0.1, 0.15) is 54.4 Å². The third-order valence-corrected chi connectivity index (χ3v) is 4.17. The van der Waals surface area contributed by atoms with Crippen molar-refractivity contribution in [2.45, 2.75) is 60.4 Å². The second kappa shape index (κ2) is 12.8. The fraction of sp³-hybridized carbons (Fsp3) is 0.895. The van der Waals surface area contributed by atoms with Crippen LogP contribution in [0.5, 0.6) is 0 Å². The van der Waals surface area contributed by atoms with E-state index >= 15 is 0 Å². The molecule has 1 fully saturated rings. The molecule has 26 heavy (non-hydrogen) atoms. The van der Waals surface area contributed by atoms with Crippen LogP contribution in [-0.2, 0) is 4.79 Å². The van der Waals surface area contributed by atoms with Gasteiger partial charge in [0.05, 0.1) is 6.54 Å². The quantitative estimate of drug-likeness (QED) is 0.254. The number of guanidine groups is 1. The molecule has 1 aliphatic rings. The number of nitrogens with zero attached hydrogens (tertiary/aromatic N) is 3. The molecule has 2 N–H and O–H groups in total. The lowest BCUT2D eigenvalue weighted by atomic mass is 9.91. The predicted octanol–water partition coefficient (Wildman–Crippen LogP) is 2.54. The summed E-state index contributed by atoms with van der Waals surface area (Å²) in [5.41, 5.74) is 0.371. The van der Waals surface area contributed by atoms with Crippen LogP contribution in [0.25, 0.3) is 0 Å². The molecule has 0 saturated carbocycles. The zero-order chi connectivity index (χ0) is 18.9. The summed E-state index contributed by atoms with van der Waals surface area (Å²) < 4.78 is 0.